The van der Waals surface area contributed by atoms with Gasteiger partial charge in [-0.1, -0.05) is 76.1 Å². The number of aromatic nitrogens is 5. The van der Waals surface area contributed by atoms with E-state index in [4.69, 9.17) is 28.9 Å². The topological polar surface area (TPSA) is 206 Å². The number of anilines is 5. The molecule has 3 atom stereocenters. The lowest BCUT2D eigenvalue weighted by molar-refractivity contribution is -0.142. The largest absolute Gasteiger partial charge is 0.391 e. The Kier molecular flexibility index (Phi) is 20.1. The van der Waals surface area contributed by atoms with Gasteiger partial charge in [-0.05, 0) is 72.7 Å². The number of nitrogens with one attached hydrogen (secondary N) is 4. The Morgan fingerprint density at radius 3 is 2.12 bits per heavy atom. The van der Waals surface area contributed by atoms with Crippen LogP contribution in [0.15, 0.2) is 90.6 Å². The van der Waals surface area contributed by atoms with E-state index in [2.05, 4.69) is 69.9 Å². The van der Waals surface area contributed by atoms with Gasteiger partial charge in [-0.3, -0.25) is 19.1 Å². The second-order valence-electron chi connectivity index (χ2n) is 21.4. The van der Waals surface area contributed by atoms with Crippen LogP contribution >= 0.6 is 11.3 Å². The fourth-order valence-corrected chi connectivity index (χ4v) is 11.3. The van der Waals surface area contributed by atoms with E-state index in [9.17, 15) is 14.7 Å². The third-order valence-corrected chi connectivity index (χ3v) is 15.7. The van der Waals surface area contributed by atoms with Crippen molar-refractivity contribution in [3.8, 4) is 10.4 Å². The number of carbonyl (C=O) groups excluding carboxylic acids is 2. The molecule has 3 fully saturated rings. The smallest absolute Gasteiger partial charge is 0.243 e. The summed E-state index contributed by atoms with van der Waals surface area (Å²) in [6.07, 6.45) is 5.88. The number of rotatable bonds is 27. The van der Waals surface area contributed by atoms with E-state index in [1.54, 1.807) is 11.3 Å². The molecular formula is C58H78N12O7S. The number of amides is 2. The molecule has 1 aliphatic carbocycles. The molecule has 9 rings (SSSR count). The summed E-state index contributed by atoms with van der Waals surface area (Å²) in [5.41, 5.74) is 9.15. The summed E-state index contributed by atoms with van der Waals surface area (Å²) >= 11 is 1.60. The van der Waals surface area contributed by atoms with Gasteiger partial charge < -0.3 is 55.1 Å². The summed E-state index contributed by atoms with van der Waals surface area (Å²) in [4.78, 5) is 53.8. The Morgan fingerprint density at radius 2 is 1.45 bits per heavy atom. The van der Waals surface area contributed by atoms with Crippen molar-refractivity contribution in [1.29, 1.82) is 0 Å². The molecule has 0 spiro atoms. The van der Waals surface area contributed by atoms with E-state index in [0.717, 1.165) is 95.8 Å². The predicted octanol–water partition coefficient (Wildman–Crippen LogP) is 7.33. The number of hydrogen-bond donors (Lipinski definition) is 5. The van der Waals surface area contributed by atoms with E-state index >= 15 is 0 Å². The van der Waals surface area contributed by atoms with E-state index in [1.807, 2.05) is 94.0 Å². The van der Waals surface area contributed by atoms with Gasteiger partial charge in [0.15, 0.2) is 5.65 Å². The van der Waals surface area contributed by atoms with Crippen LogP contribution in [-0.4, -0.2) is 168 Å². The Labute approximate surface area is 462 Å². The maximum Gasteiger partial charge on any atom is 0.243 e. The number of hydrogen-bond acceptors (Lipinski definition) is 17. The van der Waals surface area contributed by atoms with Gasteiger partial charge in [0.05, 0.1) is 87.3 Å². The SMILES string of the molecule is Cc1ncsc1-c1ccc(CNC(=O)C2CC(O)CN2C(=O)C(NCCOCCOCCOCCOCCN2CCN(c3ccc(Nc4ncc5nc(Nc6ccccc6)n(C6CCCC6)c5n4)cc3)CC2)C(C)(C)C)cc1. The molecule has 5 heterocycles. The number of nitrogens with zero attached hydrogens (tertiary/aromatic N) is 8. The van der Waals surface area contributed by atoms with Crippen LogP contribution in [0.25, 0.3) is 21.6 Å². The number of benzene rings is 3. The van der Waals surface area contributed by atoms with Crippen LogP contribution in [0.4, 0.5) is 29.0 Å². The van der Waals surface area contributed by atoms with Crippen molar-refractivity contribution in [2.24, 2.45) is 5.41 Å². The molecule has 78 heavy (non-hydrogen) atoms. The van der Waals surface area contributed by atoms with Crippen molar-refractivity contribution in [3.05, 3.63) is 102 Å². The van der Waals surface area contributed by atoms with Gasteiger partial charge in [0.2, 0.25) is 23.7 Å². The molecule has 1 saturated carbocycles. The molecule has 0 radical (unpaired) electrons. The lowest BCUT2D eigenvalue weighted by Crippen LogP contribution is -2.57. The standard InChI is InChI=1S/C58H78N12O7S/c1-41-51(78-40-62-41)43-16-14-42(15-17-43)37-60-54(72)50-36-48(71)39-69(50)55(73)52(58(2,3)4)59-22-28-74-30-32-76-34-35-77-33-31-75-29-27-67-23-25-68(26-24-67)46-20-18-45(19-21-46)63-56-61-38-49-53(66-56)70(47-12-8-9-13-47)57(65-49)64-44-10-6-5-7-11-44/h5-7,10-11,14-21,38,40,47-48,50,52,59,71H,8-9,12-13,22-37,39H2,1-4H3,(H,60,72)(H,64,65)(H,61,63,66). The summed E-state index contributed by atoms with van der Waals surface area (Å²) < 4.78 is 25.4. The molecule has 3 aliphatic rings. The third kappa shape index (κ3) is 15.4. The van der Waals surface area contributed by atoms with Gasteiger partial charge in [0.25, 0.3) is 0 Å². The van der Waals surface area contributed by atoms with Crippen molar-refractivity contribution in [1.82, 2.24) is 44.9 Å². The molecule has 3 aromatic carbocycles. The predicted molar refractivity (Wildman–Crippen MR) is 306 cm³/mol. The zero-order valence-electron chi connectivity index (χ0n) is 45.7. The number of likely N-dealkylation sites (tertiary alicyclic amines) is 1. The van der Waals surface area contributed by atoms with Crippen molar-refractivity contribution in [2.45, 2.75) is 90.6 Å². The zero-order valence-corrected chi connectivity index (χ0v) is 46.5. The highest BCUT2D eigenvalue weighted by molar-refractivity contribution is 7.13. The average Bonchev–Trinajstić information content (AvgIpc) is 4.34. The van der Waals surface area contributed by atoms with Crippen molar-refractivity contribution >= 4 is 63.3 Å². The molecule has 418 valence electrons. The second-order valence-corrected chi connectivity index (χ2v) is 22.3. The Morgan fingerprint density at radius 1 is 0.782 bits per heavy atom. The molecule has 3 aromatic heterocycles. The number of aliphatic hydroxyl groups excluding tert-OH is 1. The van der Waals surface area contributed by atoms with Crippen LogP contribution < -0.4 is 26.2 Å². The van der Waals surface area contributed by atoms with Crippen LogP contribution in [0.2, 0.25) is 0 Å². The third-order valence-electron chi connectivity index (χ3n) is 14.7. The Bertz CT molecular complexity index is 2810. The maximum atomic E-state index is 14.0. The maximum absolute atomic E-state index is 14.0. The minimum Gasteiger partial charge on any atom is -0.391 e. The number of aliphatic hydroxyl groups is 1. The lowest BCUT2D eigenvalue weighted by atomic mass is 9.85. The minimum absolute atomic E-state index is 0.107. The molecule has 6 aromatic rings. The first kappa shape index (κ1) is 56.6. The van der Waals surface area contributed by atoms with Crippen LogP contribution in [0.1, 0.15) is 70.2 Å². The number of ether oxygens (including phenoxy) is 4. The van der Waals surface area contributed by atoms with E-state index in [-0.39, 0.29) is 24.8 Å². The second kappa shape index (κ2) is 27.7. The first-order valence-corrected chi connectivity index (χ1v) is 28.6. The number of fused-ring (bicyclic) bond motifs is 1. The summed E-state index contributed by atoms with van der Waals surface area (Å²) in [7, 11) is 0. The fraction of sp³-hybridized carbons (Fsp3) is 0.517. The highest BCUT2D eigenvalue weighted by atomic mass is 32.1. The van der Waals surface area contributed by atoms with Crippen molar-refractivity contribution in [3.63, 3.8) is 0 Å². The number of piperazine rings is 1. The molecule has 20 heteroatoms. The van der Waals surface area contributed by atoms with Gasteiger partial charge in [0.1, 0.15) is 11.6 Å². The number of para-hydroxylation sites is 1. The minimum atomic E-state index is -0.774. The highest BCUT2D eigenvalue weighted by Crippen LogP contribution is 2.36. The van der Waals surface area contributed by atoms with Crippen molar-refractivity contribution < 1.29 is 33.6 Å². The molecule has 0 bridgehead atoms. The zero-order chi connectivity index (χ0) is 54.3. The fourth-order valence-electron chi connectivity index (χ4n) is 10.4. The molecule has 2 saturated heterocycles. The monoisotopic (exact) mass is 1090 g/mol. The summed E-state index contributed by atoms with van der Waals surface area (Å²) in [5, 5.41) is 23.9. The quantitative estimate of drug-likeness (QED) is 0.0320. The molecule has 3 unspecified atom stereocenters. The summed E-state index contributed by atoms with van der Waals surface area (Å²) in [5.74, 6) is 0.872. The number of β-amino-alcohol motifs (C(OH)–C–C–N with tert-alkyl or cyclic N) is 1. The normalized spacial score (nSPS) is 17.8. The van der Waals surface area contributed by atoms with E-state index in [0.29, 0.717) is 77.9 Å². The Balaban J connectivity index is 0.593. The van der Waals surface area contributed by atoms with Crippen molar-refractivity contribution in [2.75, 3.05) is 114 Å². The van der Waals surface area contributed by atoms with Gasteiger partial charge in [0, 0.05) is 81.9 Å². The van der Waals surface area contributed by atoms with Crippen LogP contribution in [0, 0.1) is 12.3 Å². The van der Waals surface area contributed by atoms with Crippen LogP contribution in [0.3, 0.4) is 0 Å². The number of aryl methyl sites for hydroxylation is 1. The first-order chi connectivity index (χ1) is 38.0. The molecule has 2 aliphatic heterocycles. The number of imidazole rings is 1. The van der Waals surface area contributed by atoms with Gasteiger partial charge in [-0.25, -0.2) is 15.0 Å². The summed E-state index contributed by atoms with van der Waals surface area (Å²) in [6, 6.07) is 25.7. The lowest BCUT2D eigenvalue weighted by Gasteiger charge is -2.36. The first-order valence-electron chi connectivity index (χ1n) is 27.7. The van der Waals surface area contributed by atoms with E-state index in [1.165, 1.54) is 23.4 Å². The number of carbonyl (C=O) groups is 2. The highest BCUT2D eigenvalue weighted by Gasteiger charge is 2.44. The van der Waals surface area contributed by atoms with Gasteiger partial charge in [-0.15, -0.1) is 11.3 Å². The average molecular weight is 1090 g/mol. The summed E-state index contributed by atoms with van der Waals surface area (Å²) in [6.45, 7) is 17.3. The van der Waals surface area contributed by atoms with E-state index < -0.39 is 23.6 Å². The molecule has 19 nitrogen and oxygen atoms in total. The molecule has 5 N–H and O–H groups in total. The number of thiazole rings is 1. The Hall–Kier alpha value is -6.10. The van der Waals surface area contributed by atoms with Gasteiger partial charge in [-0.2, -0.15) is 4.98 Å². The molecule has 2 amide bonds. The van der Waals surface area contributed by atoms with Crippen LogP contribution in [-0.2, 0) is 35.1 Å². The molecular weight excluding hydrogens is 1010 g/mol. The van der Waals surface area contributed by atoms with Gasteiger partial charge >= 0.3 is 0 Å². The van der Waals surface area contributed by atoms with Crippen LogP contribution in [0.5, 0.6) is 0 Å².